The van der Waals surface area contributed by atoms with Crippen molar-refractivity contribution in [2.24, 2.45) is 5.92 Å². The molecule has 0 amide bonds. The lowest BCUT2D eigenvalue weighted by Crippen LogP contribution is -2.33. The number of hydrogen-bond acceptors (Lipinski definition) is 4. The minimum atomic E-state index is -0.451. The molecule has 132 valence electrons. The number of rotatable bonds is 4. The highest BCUT2D eigenvalue weighted by atomic mass is 16.6. The summed E-state index contributed by atoms with van der Waals surface area (Å²) < 4.78 is 10.6. The second-order valence-corrected chi connectivity index (χ2v) is 7.55. The van der Waals surface area contributed by atoms with Crippen LogP contribution < -0.4 is 0 Å². The average molecular weight is 332 g/mol. The third-order valence-corrected chi connectivity index (χ3v) is 4.33. The van der Waals surface area contributed by atoms with Crippen LogP contribution in [0.25, 0.3) is 0 Å². The molecule has 0 saturated heterocycles. The molecule has 24 heavy (non-hydrogen) atoms. The molecule has 0 aliphatic heterocycles. The van der Waals surface area contributed by atoms with Gasteiger partial charge in [-0.1, -0.05) is 37.1 Å². The number of carbonyl (C=O) groups is 2. The van der Waals surface area contributed by atoms with Crippen molar-refractivity contribution in [1.29, 1.82) is 0 Å². The van der Waals surface area contributed by atoms with E-state index < -0.39 is 5.60 Å². The Hall–Kier alpha value is -1.84. The van der Waals surface area contributed by atoms with E-state index in [-0.39, 0.29) is 30.4 Å². The van der Waals surface area contributed by atoms with Crippen molar-refractivity contribution in [3.05, 3.63) is 35.4 Å². The Bertz CT molecular complexity index is 568. The van der Waals surface area contributed by atoms with Crippen LogP contribution in [-0.4, -0.2) is 17.5 Å². The minimum absolute atomic E-state index is 0.0719. The van der Waals surface area contributed by atoms with E-state index in [1.807, 2.05) is 45.0 Å². The van der Waals surface area contributed by atoms with Gasteiger partial charge in [-0.25, -0.2) is 0 Å². The normalized spacial score (nSPS) is 21.2. The summed E-state index contributed by atoms with van der Waals surface area (Å²) in [6.07, 6.45) is 4.10. The van der Waals surface area contributed by atoms with Gasteiger partial charge < -0.3 is 9.47 Å². The van der Waals surface area contributed by atoms with Gasteiger partial charge in [-0.3, -0.25) is 9.59 Å². The fraction of sp³-hybridized carbons (Fsp3) is 0.600. The van der Waals surface area contributed by atoms with Gasteiger partial charge in [0.2, 0.25) is 0 Å². The summed E-state index contributed by atoms with van der Waals surface area (Å²) >= 11 is 0. The number of carbonyl (C=O) groups excluding carboxylic acids is 2. The van der Waals surface area contributed by atoms with Crippen molar-refractivity contribution in [1.82, 2.24) is 0 Å². The number of hydrogen-bond donors (Lipinski definition) is 0. The van der Waals surface area contributed by atoms with Gasteiger partial charge >= 0.3 is 11.9 Å². The Balaban J connectivity index is 2.09. The molecule has 0 spiro atoms. The van der Waals surface area contributed by atoms with E-state index in [9.17, 15) is 9.59 Å². The fourth-order valence-electron chi connectivity index (χ4n) is 3.24. The molecule has 4 heteroatoms. The second-order valence-electron chi connectivity index (χ2n) is 7.55. The van der Waals surface area contributed by atoms with Gasteiger partial charge in [0.25, 0.3) is 0 Å². The monoisotopic (exact) mass is 332 g/mol. The largest absolute Gasteiger partial charge is 0.461 e. The summed E-state index contributed by atoms with van der Waals surface area (Å²) in [5, 5.41) is 0. The molecule has 0 bridgehead atoms. The summed E-state index contributed by atoms with van der Waals surface area (Å²) in [4.78, 5) is 23.5. The first kappa shape index (κ1) is 18.5. The van der Waals surface area contributed by atoms with Gasteiger partial charge in [0.15, 0.2) is 0 Å². The lowest BCUT2D eigenvalue weighted by molar-refractivity contribution is -0.162. The minimum Gasteiger partial charge on any atom is -0.461 e. The fourth-order valence-corrected chi connectivity index (χ4v) is 3.24. The first-order valence-electron chi connectivity index (χ1n) is 8.71. The number of benzene rings is 1. The molecule has 1 aliphatic rings. The zero-order chi connectivity index (χ0) is 17.7. The van der Waals surface area contributed by atoms with Gasteiger partial charge in [-0.05, 0) is 50.7 Å². The highest BCUT2D eigenvalue weighted by molar-refractivity contribution is 5.74. The molecule has 0 radical (unpaired) electrons. The third-order valence-electron chi connectivity index (χ3n) is 4.33. The van der Waals surface area contributed by atoms with Crippen molar-refractivity contribution in [2.45, 2.75) is 71.5 Å². The Kier molecular flexibility index (Phi) is 6.03. The standard InChI is InChI=1S/C20H28O4/c1-14(21)23-13-15-9-11-16(12-10-15)17-7-5-6-8-18(17)19(22)24-20(2,3)4/h9-12,17-18H,5-8,13H2,1-4H3. The van der Waals surface area contributed by atoms with E-state index in [1.54, 1.807) is 0 Å². The van der Waals surface area contributed by atoms with Crippen molar-refractivity contribution in [3.63, 3.8) is 0 Å². The maximum Gasteiger partial charge on any atom is 0.310 e. The van der Waals surface area contributed by atoms with Crippen LogP contribution >= 0.6 is 0 Å². The molecule has 0 N–H and O–H groups in total. The van der Waals surface area contributed by atoms with Gasteiger partial charge in [-0.15, -0.1) is 0 Å². The van der Waals surface area contributed by atoms with E-state index in [0.717, 1.165) is 36.8 Å². The first-order chi connectivity index (χ1) is 11.3. The van der Waals surface area contributed by atoms with E-state index >= 15 is 0 Å². The van der Waals surface area contributed by atoms with Crippen LogP contribution in [0.5, 0.6) is 0 Å². The number of ether oxygens (including phenoxy) is 2. The topological polar surface area (TPSA) is 52.6 Å². The van der Waals surface area contributed by atoms with Gasteiger partial charge in [0.05, 0.1) is 5.92 Å². The zero-order valence-corrected chi connectivity index (χ0v) is 15.1. The molecule has 1 aromatic carbocycles. The molecule has 0 heterocycles. The van der Waals surface area contributed by atoms with Crippen LogP contribution in [0, 0.1) is 5.92 Å². The van der Waals surface area contributed by atoms with Crippen molar-refractivity contribution >= 4 is 11.9 Å². The van der Waals surface area contributed by atoms with E-state index in [4.69, 9.17) is 9.47 Å². The quantitative estimate of drug-likeness (QED) is 0.769. The van der Waals surface area contributed by atoms with Crippen LogP contribution in [0.4, 0.5) is 0 Å². The predicted octanol–water partition coefficient (Wildman–Crippen LogP) is 4.37. The lowest BCUT2D eigenvalue weighted by Gasteiger charge is -2.32. The van der Waals surface area contributed by atoms with Crippen LogP contribution in [0.3, 0.4) is 0 Å². The van der Waals surface area contributed by atoms with Crippen LogP contribution in [-0.2, 0) is 25.7 Å². The molecule has 2 unspecified atom stereocenters. The predicted molar refractivity (Wildman–Crippen MR) is 92.5 cm³/mol. The van der Waals surface area contributed by atoms with E-state index in [1.165, 1.54) is 6.92 Å². The van der Waals surface area contributed by atoms with Gasteiger partial charge in [0.1, 0.15) is 12.2 Å². The number of esters is 2. The first-order valence-corrected chi connectivity index (χ1v) is 8.71. The molecule has 2 rings (SSSR count). The highest BCUT2D eigenvalue weighted by Crippen LogP contribution is 2.39. The van der Waals surface area contributed by atoms with E-state index in [2.05, 4.69) is 0 Å². The Morgan fingerprint density at radius 1 is 1.08 bits per heavy atom. The Morgan fingerprint density at radius 3 is 2.29 bits per heavy atom. The SMILES string of the molecule is CC(=O)OCc1ccc(C2CCCCC2C(=O)OC(C)(C)C)cc1. The summed E-state index contributed by atoms with van der Waals surface area (Å²) in [7, 11) is 0. The molecule has 1 aromatic rings. The molecule has 1 fully saturated rings. The smallest absolute Gasteiger partial charge is 0.310 e. The lowest BCUT2D eigenvalue weighted by atomic mass is 9.75. The van der Waals surface area contributed by atoms with Gasteiger partial charge in [-0.2, -0.15) is 0 Å². The van der Waals surface area contributed by atoms with Crippen LogP contribution in [0.15, 0.2) is 24.3 Å². The Labute approximate surface area is 144 Å². The zero-order valence-electron chi connectivity index (χ0n) is 15.1. The Morgan fingerprint density at radius 2 is 1.71 bits per heavy atom. The average Bonchev–Trinajstić information content (AvgIpc) is 2.52. The molecule has 1 saturated carbocycles. The van der Waals surface area contributed by atoms with Crippen LogP contribution in [0.1, 0.15) is 70.4 Å². The third kappa shape index (κ3) is 5.36. The van der Waals surface area contributed by atoms with Crippen LogP contribution in [0.2, 0.25) is 0 Å². The summed E-state index contributed by atoms with van der Waals surface area (Å²) in [6, 6.07) is 8.04. The highest BCUT2D eigenvalue weighted by Gasteiger charge is 2.34. The molecule has 1 aliphatic carbocycles. The maximum atomic E-state index is 12.6. The van der Waals surface area contributed by atoms with Crippen molar-refractivity contribution < 1.29 is 19.1 Å². The van der Waals surface area contributed by atoms with E-state index in [0.29, 0.717) is 0 Å². The maximum absolute atomic E-state index is 12.6. The summed E-state index contributed by atoms with van der Waals surface area (Å²) in [6.45, 7) is 7.42. The van der Waals surface area contributed by atoms with Crippen molar-refractivity contribution in [2.75, 3.05) is 0 Å². The molecular formula is C20H28O4. The van der Waals surface area contributed by atoms with Gasteiger partial charge in [0, 0.05) is 6.92 Å². The molecular weight excluding hydrogens is 304 g/mol. The van der Waals surface area contributed by atoms with Crippen molar-refractivity contribution in [3.8, 4) is 0 Å². The summed E-state index contributed by atoms with van der Waals surface area (Å²) in [5.41, 5.74) is 1.67. The second kappa shape index (κ2) is 7.82. The summed E-state index contributed by atoms with van der Waals surface area (Å²) in [5.74, 6) is -0.235. The molecule has 2 atom stereocenters. The molecule has 4 nitrogen and oxygen atoms in total. The molecule has 0 aromatic heterocycles.